The van der Waals surface area contributed by atoms with E-state index in [1.54, 1.807) is 6.07 Å². The Balaban J connectivity index is 2.36. The van der Waals surface area contributed by atoms with E-state index < -0.39 is 6.43 Å². The molecule has 1 fully saturated rings. The Morgan fingerprint density at radius 3 is 2.64 bits per heavy atom. The van der Waals surface area contributed by atoms with Crippen LogP contribution in [0.3, 0.4) is 0 Å². The summed E-state index contributed by atoms with van der Waals surface area (Å²) >= 11 is 0. The molecular formula is C9H8ClF2NS. The summed E-state index contributed by atoms with van der Waals surface area (Å²) in [4.78, 5) is 4.75. The van der Waals surface area contributed by atoms with Crippen LogP contribution in [-0.2, 0) is 0 Å². The summed E-state index contributed by atoms with van der Waals surface area (Å²) in [5.74, 6) is 0.343. The maximum absolute atomic E-state index is 12.4. The Bertz CT molecular complexity index is 342. The number of rotatable bonds is 3. The molecule has 14 heavy (non-hydrogen) atoms. The van der Waals surface area contributed by atoms with Crippen LogP contribution in [0.15, 0.2) is 17.0 Å². The van der Waals surface area contributed by atoms with Gasteiger partial charge in [-0.3, -0.25) is 4.98 Å². The van der Waals surface area contributed by atoms with Crippen LogP contribution in [0.1, 0.15) is 36.6 Å². The van der Waals surface area contributed by atoms with Crippen LogP contribution in [0.4, 0.5) is 8.78 Å². The van der Waals surface area contributed by atoms with E-state index in [4.69, 9.17) is 10.7 Å². The van der Waals surface area contributed by atoms with Gasteiger partial charge < -0.3 is 0 Å². The van der Waals surface area contributed by atoms with Gasteiger partial charge in [-0.1, -0.05) is 0 Å². The third-order valence-electron chi connectivity index (χ3n) is 2.18. The molecule has 0 atom stereocenters. The molecule has 1 nitrogen and oxygen atoms in total. The monoisotopic (exact) mass is 235 g/mol. The minimum atomic E-state index is -2.50. The molecule has 2 rings (SSSR count). The van der Waals surface area contributed by atoms with E-state index in [0.717, 1.165) is 34.4 Å². The molecule has 1 aromatic rings. The first kappa shape index (κ1) is 10.2. The average Bonchev–Trinajstić information content (AvgIpc) is 3.00. The molecule has 0 aromatic carbocycles. The van der Waals surface area contributed by atoms with Crippen LogP contribution < -0.4 is 0 Å². The fourth-order valence-corrected chi connectivity index (χ4v) is 2.12. The number of hydrogen-bond acceptors (Lipinski definition) is 2. The Morgan fingerprint density at radius 1 is 1.43 bits per heavy atom. The third-order valence-corrected chi connectivity index (χ3v) is 3.19. The van der Waals surface area contributed by atoms with Crippen LogP contribution in [0.2, 0.25) is 0 Å². The van der Waals surface area contributed by atoms with E-state index in [1.165, 1.54) is 6.07 Å². The van der Waals surface area contributed by atoms with Crippen LogP contribution in [0, 0.1) is 0 Å². The summed E-state index contributed by atoms with van der Waals surface area (Å²) in [7, 11) is 6.67. The Morgan fingerprint density at radius 2 is 2.14 bits per heavy atom. The second kappa shape index (κ2) is 4.03. The van der Waals surface area contributed by atoms with Gasteiger partial charge in [0.05, 0.1) is 5.69 Å². The molecule has 0 unspecified atom stereocenters. The summed E-state index contributed by atoms with van der Waals surface area (Å²) < 4.78 is 24.7. The van der Waals surface area contributed by atoms with Gasteiger partial charge in [0.15, 0.2) is 0 Å². The standard InChI is InChI=1S/C9H8ClF2NS/c10-14-7-4-3-6(9(11)12)13-8(7)5-1-2-5/h3-5,9H,1-2H2. The molecule has 1 saturated carbocycles. The zero-order valence-corrected chi connectivity index (χ0v) is 8.79. The summed E-state index contributed by atoms with van der Waals surface area (Å²) in [6.07, 6.45) is -0.434. The Labute approximate surface area is 89.4 Å². The minimum absolute atomic E-state index is 0.152. The maximum Gasteiger partial charge on any atom is 0.280 e. The fraction of sp³-hybridized carbons (Fsp3) is 0.444. The van der Waals surface area contributed by atoms with Gasteiger partial charge in [-0.15, -0.1) is 0 Å². The number of aromatic nitrogens is 1. The first-order valence-corrected chi connectivity index (χ1v) is 5.94. The SMILES string of the molecule is FC(F)c1ccc(SCl)c(C2CC2)n1. The zero-order valence-electron chi connectivity index (χ0n) is 7.21. The first-order chi connectivity index (χ1) is 6.72. The lowest BCUT2D eigenvalue weighted by molar-refractivity contribution is 0.145. The lowest BCUT2D eigenvalue weighted by Crippen LogP contribution is -1.96. The third kappa shape index (κ3) is 2.01. The van der Waals surface area contributed by atoms with Crippen molar-refractivity contribution < 1.29 is 8.78 Å². The molecule has 0 aliphatic heterocycles. The minimum Gasteiger partial charge on any atom is -0.250 e. The van der Waals surface area contributed by atoms with Crippen molar-refractivity contribution in [2.75, 3.05) is 0 Å². The van der Waals surface area contributed by atoms with Crippen molar-refractivity contribution in [2.24, 2.45) is 0 Å². The van der Waals surface area contributed by atoms with Gasteiger partial charge in [-0.2, -0.15) is 0 Å². The fourth-order valence-electron chi connectivity index (χ4n) is 1.31. The smallest absolute Gasteiger partial charge is 0.250 e. The molecule has 5 heteroatoms. The molecule has 1 aliphatic carbocycles. The van der Waals surface area contributed by atoms with Crippen molar-refractivity contribution in [3.63, 3.8) is 0 Å². The molecule has 0 bridgehead atoms. The van der Waals surface area contributed by atoms with Gasteiger partial charge in [-0.05, 0) is 46.6 Å². The molecule has 1 aromatic heterocycles. The van der Waals surface area contributed by atoms with Gasteiger partial charge in [-0.25, -0.2) is 8.78 Å². The van der Waals surface area contributed by atoms with E-state index in [0.29, 0.717) is 5.92 Å². The summed E-state index contributed by atoms with van der Waals surface area (Å²) in [6, 6.07) is 2.96. The second-order valence-corrected chi connectivity index (χ2v) is 4.33. The highest BCUT2D eigenvalue weighted by Crippen LogP contribution is 2.44. The number of alkyl halides is 2. The highest BCUT2D eigenvalue weighted by atomic mass is 35.7. The molecule has 76 valence electrons. The van der Waals surface area contributed by atoms with Crippen molar-refractivity contribution in [1.82, 2.24) is 4.98 Å². The van der Waals surface area contributed by atoms with Gasteiger partial charge in [0, 0.05) is 10.8 Å². The van der Waals surface area contributed by atoms with Crippen molar-refractivity contribution in [3.8, 4) is 0 Å². The number of pyridine rings is 1. The average molecular weight is 236 g/mol. The topological polar surface area (TPSA) is 12.9 Å². The van der Waals surface area contributed by atoms with Gasteiger partial charge in [0.1, 0.15) is 5.69 Å². The predicted octanol–water partition coefficient (Wildman–Crippen LogP) is 4.14. The molecule has 0 amide bonds. The van der Waals surface area contributed by atoms with Crippen molar-refractivity contribution >= 4 is 21.7 Å². The molecule has 0 spiro atoms. The molecule has 1 heterocycles. The van der Waals surface area contributed by atoms with E-state index >= 15 is 0 Å². The van der Waals surface area contributed by atoms with Crippen LogP contribution in [0.25, 0.3) is 0 Å². The normalized spacial score (nSPS) is 16.3. The van der Waals surface area contributed by atoms with E-state index in [1.807, 2.05) is 0 Å². The lowest BCUT2D eigenvalue weighted by Gasteiger charge is -2.06. The number of nitrogens with zero attached hydrogens (tertiary/aromatic N) is 1. The number of hydrogen-bond donors (Lipinski definition) is 0. The Kier molecular flexibility index (Phi) is 2.93. The quantitative estimate of drug-likeness (QED) is 0.781. The van der Waals surface area contributed by atoms with E-state index in [2.05, 4.69) is 4.98 Å². The predicted molar refractivity (Wildman–Crippen MR) is 52.9 cm³/mol. The van der Waals surface area contributed by atoms with Crippen molar-refractivity contribution in [2.45, 2.75) is 30.1 Å². The lowest BCUT2D eigenvalue weighted by atomic mass is 10.2. The molecular weight excluding hydrogens is 228 g/mol. The molecule has 0 radical (unpaired) electrons. The van der Waals surface area contributed by atoms with Crippen LogP contribution in [0.5, 0.6) is 0 Å². The summed E-state index contributed by atoms with van der Waals surface area (Å²) in [6.45, 7) is 0. The van der Waals surface area contributed by atoms with Crippen molar-refractivity contribution in [1.29, 1.82) is 0 Å². The van der Waals surface area contributed by atoms with Crippen molar-refractivity contribution in [3.05, 3.63) is 23.5 Å². The van der Waals surface area contributed by atoms with Gasteiger partial charge in [0.2, 0.25) is 0 Å². The molecule has 1 aliphatic rings. The van der Waals surface area contributed by atoms with Gasteiger partial charge in [0.25, 0.3) is 6.43 Å². The maximum atomic E-state index is 12.4. The highest BCUT2D eigenvalue weighted by Gasteiger charge is 2.28. The first-order valence-electron chi connectivity index (χ1n) is 4.30. The summed E-state index contributed by atoms with van der Waals surface area (Å²) in [5.41, 5.74) is 0.587. The van der Waals surface area contributed by atoms with Crippen LogP contribution >= 0.6 is 21.7 Å². The largest absolute Gasteiger partial charge is 0.280 e. The Hall–Kier alpha value is -0.350. The molecule has 0 saturated heterocycles. The summed E-state index contributed by atoms with van der Waals surface area (Å²) in [5, 5.41) is 0. The number of halogens is 3. The zero-order chi connectivity index (χ0) is 10.1. The van der Waals surface area contributed by atoms with E-state index in [9.17, 15) is 8.78 Å². The van der Waals surface area contributed by atoms with E-state index in [-0.39, 0.29) is 5.69 Å². The van der Waals surface area contributed by atoms with Crippen LogP contribution in [-0.4, -0.2) is 4.98 Å². The van der Waals surface area contributed by atoms with Gasteiger partial charge >= 0.3 is 0 Å². The molecule has 0 N–H and O–H groups in total. The second-order valence-electron chi connectivity index (χ2n) is 3.27. The highest BCUT2D eigenvalue weighted by molar-refractivity contribution is 8.21.